The van der Waals surface area contributed by atoms with E-state index in [-0.39, 0.29) is 17.5 Å². The van der Waals surface area contributed by atoms with E-state index in [1.165, 1.54) is 0 Å². The Labute approximate surface area is 226 Å². The second-order valence-corrected chi connectivity index (χ2v) is 9.67. The van der Waals surface area contributed by atoms with Crippen LogP contribution in [0, 0.1) is 11.8 Å². The molecule has 0 fully saturated rings. The van der Waals surface area contributed by atoms with Crippen molar-refractivity contribution >= 4 is 28.4 Å². The van der Waals surface area contributed by atoms with Gasteiger partial charge in [-0.2, -0.15) is 0 Å². The lowest BCUT2D eigenvalue weighted by molar-refractivity contribution is 0.0939. The Kier molecular flexibility index (Phi) is 7.06. The molecule has 7 nitrogen and oxygen atoms in total. The van der Waals surface area contributed by atoms with E-state index in [0.717, 1.165) is 33.2 Å². The maximum absolute atomic E-state index is 13.0. The number of fused-ring (bicyclic) bond motifs is 1. The van der Waals surface area contributed by atoms with Gasteiger partial charge in [-0.25, -0.2) is 0 Å². The molecule has 0 aliphatic carbocycles. The summed E-state index contributed by atoms with van der Waals surface area (Å²) in [6.45, 7) is 4.63. The van der Waals surface area contributed by atoms with E-state index in [2.05, 4.69) is 21.3 Å². The Morgan fingerprint density at radius 1 is 0.949 bits per heavy atom. The van der Waals surface area contributed by atoms with Crippen LogP contribution in [0.4, 0.5) is 5.69 Å². The zero-order valence-corrected chi connectivity index (χ0v) is 21.7. The summed E-state index contributed by atoms with van der Waals surface area (Å²) in [5.41, 5.74) is 13.0. The Morgan fingerprint density at radius 2 is 1.67 bits per heavy atom. The van der Waals surface area contributed by atoms with Crippen molar-refractivity contribution < 1.29 is 9.59 Å². The molecule has 39 heavy (non-hydrogen) atoms. The van der Waals surface area contributed by atoms with Crippen LogP contribution in [0.15, 0.2) is 102 Å². The number of nitrogens with two attached hydrogens (primary N) is 1. The molecule has 0 saturated heterocycles. The molecule has 0 aliphatic heterocycles. The normalized spacial score (nSPS) is 11.7. The van der Waals surface area contributed by atoms with Crippen molar-refractivity contribution in [3.8, 4) is 11.1 Å². The molecule has 0 unspecified atom stereocenters. The molecule has 5 rings (SSSR count). The van der Waals surface area contributed by atoms with Crippen molar-refractivity contribution in [2.45, 2.75) is 26.4 Å². The second kappa shape index (κ2) is 10.8. The molecule has 0 aliphatic rings. The summed E-state index contributed by atoms with van der Waals surface area (Å²) in [4.78, 5) is 35.7. The van der Waals surface area contributed by atoms with Crippen LogP contribution in [0.5, 0.6) is 0 Å². The van der Waals surface area contributed by atoms with Crippen molar-refractivity contribution in [2.75, 3.05) is 5.73 Å². The Bertz CT molecular complexity index is 1690. The zero-order valence-electron chi connectivity index (χ0n) is 21.7. The van der Waals surface area contributed by atoms with Gasteiger partial charge in [0.25, 0.3) is 5.91 Å². The largest absolute Gasteiger partial charge is 0.399 e. The number of nitroso groups, excluding NO2 is 1. The van der Waals surface area contributed by atoms with Gasteiger partial charge in [0.15, 0.2) is 0 Å². The SMILES string of the molecule is Cc1cn(Cc2ccc(-c3ccccc3C(=O)N=O)cc2)c2ccc(C(=O)N[C@@H](C)c3ccc(N)cc3)cc12. The number of benzene rings is 4. The summed E-state index contributed by atoms with van der Waals surface area (Å²) in [5, 5.41) is 6.66. The average molecular weight is 517 g/mol. The van der Waals surface area contributed by atoms with Gasteiger partial charge in [0.05, 0.1) is 11.6 Å². The van der Waals surface area contributed by atoms with Crippen LogP contribution < -0.4 is 11.1 Å². The van der Waals surface area contributed by atoms with Gasteiger partial charge in [0.2, 0.25) is 0 Å². The Balaban J connectivity index is 1.34. The molecule has 3 N–H and O–H groups in total. The van der Waals surface area contributed by atoms with Crippen molar-refractivity contribution in [1.82, 2.24) is 9.88 Å². The topological polar surface area (TPSA) is 107 Å². The highest BCUT2D eigenvalue weighted by atomic mass is 16.3. The Hall–Kier alpha value is -5.04. The van der Waals surface area contributed by atoms with E-state index in [4.69, 9.17) is 5.73 Å². The highest BCUT2D eigenvalue weighted by molar-refractivity contribution is 6.01. The van der Waals surface area contributed by atoms with Crippen molar-refractivity contribution in [1.29, 1.82) is 0 Å². The predicted molar refractivity (Wildman–Crippen MR) is 155 cm³/mol. The van der Waals surface area contributed by atoms with Gasteiger partial charge < -0.3 is 15.6 Å². The van der Waals surface area contributed by atoms with Crippen LogP contribution in [0.1, 0.15) is 50.4 Å². The number of nitrogen functional groups attached to an aromatic ring is 1. The van der Waals surface area contributed by atoms with Crippen LogP contribution in [0.2, 0.25) is 0 Å². The number of carbonyl (C=O) groups excluding carboxylic acids is 2. The van der Waals surface area contributed by atoms with E-state index in [1.807, 2.05) is 86.6 Å². The van der Waals surface area contributed by atoms with Crippen LogP contribution in [-0.2, 0) is 6.54 Å². The van der Waals surface area contributed by atoms with Gasteiger partial charge in [0.1, 0.15) is 0 Å². The van der Waals surface area contributed by atoms with E-state index >= 15 is 0 Å². The molecule has 0 radical (unpaired) electrons. The second-order valence-electron chi connectivity index (χ2n) is 9.67. The lowest BCUT2D eigenvalue weighted by Gasteiger charge is -2.15. The highest BCUT2D eigenvalue weighted by Gasteiger charge is 2.15. The lowest BCUT2D eigenvalue weighted by atomic mass is 9.98. The molecule has 194 valence electrons. The molecule has 1 heterocycles. The number of aromatic nitrogens is 1. The molecule has 4 aromatic carbocycles. The minimum Gasteiger partial charge on any atom is -0.399 e. The number of rotatable bonds is 7. The van der Waals surface area contributed by atoms with Gasteiger partial charge in [-0.15, -0.1) is 4.91 Å². The minimum absolute atomic E-state index is 0.132. The molecule has 0 spiro atoms. The summed E-state index contributed by atoms with van der Waals surface area (Å²) in [6.07, 6.45) is 2.08. The van der Waals surface area contributed by atoms with E-state index < -0.39 is 5.91 Å². The molecule has 1 aromatic heterocycles. The maximum atomic E-state index is 13.0. The molecule has 2 amide bonds. The number of carbonyl (C=O) groups is 2. The zero-order chi connectivity index (χ0) is 27.5. The number of aryl methyl sites for hydroxylation is 1. The summed E-state index contributed by atoms with van der Waals surface area (Å²) >= 11 is 0. The minimum atomic E-state index is -0.781. The van der Waals surface area contributed by atoms with Crippen LogP contribution in [-0.4, -0.2) is 16.4 Å². The average Bonchev–Trinajstić information content (AvgIpc) is 3.27. The number of amides is 2. The lowest BCUT2D eigenvalue weighted by Crippen LogP contribution is -2.26. The van der Waals surface area contributed by atoms with Crippen molar-refractivity contribution in [2.24, 2.45) is 5.18 Å². The number of hydrogen-bond donors (Lipinski definition) is 2. The summed E-state index contributed by atoms with van der Waals surface area (Å²) in [7, 11) is 0. The van der Waals surface area contributed by atoms with Crippen LogP contribution in [0.3, 0.4) is 0 Å². The first-order valence-electron chi connectivity index (χ1n) is 12.7. The first kappa shape index (κ1) is 25.6. The predicted octanol–water partition coefficient (Wildman–Crippen LogP) is 6.64. The number of anilines is 1. The molecule has 0 saturated carbocycles. The summed E-state index contributed by atoms with van der Waals surface area (Å²) in [6, 6.07) is 27.9. The van der Waals surface area contributed by atoms with Gasteiger partial charge >= 0.3 is 5.91 Å². The third-order valence-electron chi connectivity index (χ3n) is 6.98. The van der Waals surface area contributed by atoms with E-state index in [9.17, 15) is 14.5 Å². The fourth-order valence-corrected chi connectivity index (χ4v) is 4.85. The molecule has 5 aromatic rings. The molecule has 1 atom stereocenters. The number of hydrogen-bond acceptors (Lipinski definition) is 4. The summed E-state index contributed by atoms with van der Waals surface area (Å²) in [5.74, 6) is -0.913. The maximum Gasteiger partial charge on any atom is 0.317 e. The third-order valence-corrected chi connectivity index (χ3v) is 6.98. The number of nitrogens with one attached hydrogen (secondary N) is 1. The molecule has 0 bridgehead atoms. The van der Waals surface area contributed by atoms with Crippen molar-refractivity contribution in [3.63, 3.8) is 0 Å². The third kappa shape index (κ3) is 5.33. The smallest absolute Gasteiger partial charge is 0.317 e. The Morgan fingerprint density at radius 3 is 2.38 bits per heavy atom. The fourth-order valence-electron chi connectivity index (χ4n) is 4.85. The fraction of sp³-hybridized carbons (Fsp3) is 0.125. The first-order valence-corrected chi connectivity index (χ1v) is 12.7. The van der Waals surface area contributed by atoms with Gasteiger partial charge in [0, 0.05) is 40.1 Å². The van der Waals surface area contributed by atoms with E-state index in [1.54, 1.807) is 18.2 Å². The molecular formula is C32H28N4O3. The molecule has 7 heteroatoms. The van der Waals surface area contributed by atoms with Crippen LogP contribution >= 0.6 is 0 Å². The standard InChI is InChI=1S/C32H28N4O3/c1-20-18-36(19-22-7-9-24(10-8-22)27-5-3-4-6-28(27)32(38)35-39)30-16-13-25(17-29(20)30)31(37)34-21(2)23-11-14-26(33)15-12-23/h3-18,21H,19,33H2,1-2H3,(H,34,37)/t21-/m0/s1. The van der Waals surface area contributed by atoms with Gasteiger partial charge in [-0.05, 0) is 78.1 Å². The van der Waals surface area contributed by atoms with Gasteiger partial charge in [-0.3, -0.25) is 9.59 Å². The first-order chi connectivity index (χ1) is 18.8. The summed E-state index contributed by atoms with van der Waals surface area (Å²) < 4.78 is 2.16. The monoisotopic (exact) mass is 516 g/mol. The highest BCUT2D eigenvalue weighted by Crippen LogP contribution is 2.27. The number of nitrogens with zero attached hydrogens (tertiary/aromatic N) is 2. The van der Waals surface area contributed by atoms with E-state index in [0.29, 0.717) is 23.4 Å². The van der Waals surface area contributed by atoms with Crippen molar-refractivity contribution in [3.05, 3.63) is 130 Å². The van der Waals surface area contributed by atoms with Crippen LogP contribution in [0.25, 0.3) is 22.0 Å². The molecular weight excluding hydrogens is 488 g/mol. The van der Waals surface area contributed by atoms with Gasteiger partial charge in [-0.1, -0.05) is 54.6 Å². The quantitative estimate of drug-likeness (QED) is 0.187.